The van der Waals surface area contributed by atoms with Crippen LogP contribution in [-0.2, 0) is 7.05 Å². The summed E-state index contributed by atoms with van der Waals surface area (Å²) >= 11 is 0. The molecular weight excluding hydrogens is 244 g/mol. The quantitative estimate of drug-likeness (QED) is 0.790. The van der Waals surface area contributed by atoms with Gasteiger partial charge in [0.2, 0.25) is 0 Å². The highest BCUT2D eigenvalue weighted by Gasteiger charge is 2.06. The zero-order valence-electron chi connectivity index (χ0n) is 10.8. The number of aliphatic hydroxyl groups excluding tert-OH is 1. The Morgan fingerprint density at radius 1 is 1.37 bits per heavy atom. The van der Waals surface area contributed by atoms with E-state index in [1.807, 2.05) is 0 Å². The molecule has 0 radical (unpaired) electrons. The Kier molecular flexibility index (Phi) is 3.82. The second-order valence-electron chi connectivity index (χ2n) is 4.26. The van der Waals surface area contributed by atoms with Crippen molar-refractivity contribution in [1.29, 1.82) is 0 Å². The summed E-state index contributed by atoms with van der Waals surface area (Å²) in [4.78, 5) is 11.7. The third-order valence-electron chi connectivity index (χ3n) is 2.58. The van der Waals surface area contributed by atoms with Crippen LogP contribution in [0.1, 0.15) is 18.6 Å². The molecule has 2 aromatic rings. The molecule has 100 valence electrons. The summed E-state index contributed by atoms with van der Waals surface area (Å²) in [5.74, 6) is 0.478. The number of aliphatic hydroxyl groups is 1. The zero-order chi connectivity index (χ0) is 13.8. The molecule has 0 bridgehead atoms. The van der Waals surface area contributed by atoms with Gasteiger partial charge in [-0.2, -0.15) is 5.10 Å². The smallest absolute Gasteiger partial charge is 0.324 e. The van der Waals surface area contributed by atoms with Crippen LogP contribution >= 0.6 is 0 Å². The SMILES string of the molecule is CC(O)c1cccc(NC(=O)Nc2ccn(C)n2)c1. The number of anilines is 2. The first-order valence-electron chi connectivity index (χ1n) is 5.90. The molecule has 3 N–H and O–H groups in total. The van der Waals surface area contributed by atoms with Gasteiger partial charge in [0, 0.05) is 25.0 Å². The lowest BCUT2D eigenvalue weighted by Gasteiger charge is -2.09. The standard InChI is InChI=1S/C13H16N4O2/c1-9(18)10-4-3-5-11(8-10)14-13(19)15-12-6-7-17(2)16-12/h3-9,18H,1-2H3,(H2,14,15,16,19). The van der Waals surface area contributed by atoms with Crippen LogP contribution in [0.25, 0.3) is 0 Å². The number of urea groups is 1. The lowest BCUT2D eigenvalue weighted by atomic mass is 10.1. The number of aromatic nitrogens is 2. The normalized spacial score (nSPS) is 11.9. The molecule has 2 amide bonds. The lowest BCUT2D eigenvalue weighted by molar-refractivity contribution is 0.199. The number of benzene rings is 1. The average Bonchev–Trinajstić information content (AvgIpc) is 2.74. The maximum atomic E-state index is 11.7. The minimum Gasteiger partial charge on any atom is -0.389 e. The van der Waals surface area contributed by atoms with E-state index in [9.17, 15) is 9.90 Å². The average molecular weight is 260 g/mol. The number of aryl methyl sites for hydroxylation is 1. The third-order valence-corrected chi connectivity index (χ3v) is 2.58. The number of hydrogen-bond donors (Lipinski definition) is 3. The summed E-state index contributed by atoms with van der Waals surface area (Å²) in [5.41, 5.74) is 1.36. The fourth-order valence-corrected chi connectivity index (χ4v) is 1.64. The molecule has 0 spiro atoms. The van der Waals surface area contributed by atoms with Crippen LogP contribution in [0, 0.1) is 0 Å². The van der Waals surface area contributed by atoms with E-state index in [2.05, 4.69) is 15.7 Å². The van der Waals surface area contributed by atoms with Gasteiger partial charge in [0.15, 0.2) is 5.82 Å². The Balaban J connectivity index is 2.00. The van der Waals surface area contributed by atoms with E-state index in [0.717, 1.165) is 5.56 Å². The molecule has 0 aliphatic carbocycles. The highest BCUT2D eigenvalue weighted by atomic mass is 16.3. The summed E-state index contributed by atoms with van der Waals surface area (Å²) in [7, 11) is 1.77. The maximum Gasteiger partial charge on any atom is 0.324 e. The van der Waals surface area contributed by atoms with Gasteiger partial charge >= 0.3 is 6.03 Å². The summed E-state index contributed by atoms with van der Waals surface area (Å²) in [6.07, 6.45) is 1.17. The van der Waals surface area contributed by atoms with Gasteiger partial charge in [-0.15, -0.1) is 0 Å². The molecule has 1 unspecified atom stereocenters. The van der Waals surface area contributed by atoms with E-state index in [0.29, 0.717) is 11.5 Å². The monoisotopic (exact) mass is 260 g/mol. The van der Waals surface area contributed by atoms with Crippen molar-refractivity contribution in [3.63, 3.8) is 0 Å². The number of rotatable bonds is 3. The van der Waals surface area contributed by atoms with Crippen LogP contribution in [0.2, 0.25) is 0 Å². The summed E-state index contributed by atoms with van der Waals surface area (Å²) in [5, 5.41) is 18.8. The van der Waals surface area contributed by atoms with E-state index in [4.69, 9.17) is 0 Å². The summed E-state index contributed by atoms with van der Waals surface area (Å²) in [6, 6.07) is 8.38. The first kappa shape index (κ1) is 13.1. The first-order chi connectivity index (χ1) is 9.04. The van der Waals surface area contributed by atoms with Crippen LogP contribution in [0.3, 0.4) is 0 Å². The molecular formula is C13H16N4O2. The molecule has 0 aliphatic heterocycles. The molecule has 0 saturated carbocycles. The van der Waals surface area contributed by atoms with E-state index < -0.39 is 6.10 Å². The summed E-state index contributed by atoms with van der Waals surface area (Å²) < 4.78 is 1.60. The Labute approximate surface area is 111 Å². The van der Waals surface area contributed by atoms with Crippen LogP contribution in [0.4, 0.5) is 16.3 Å². The molecule has 1 heterocycles. The highest BCUT2D eigenvalue weighted by Crippen LogP contribution is 2.17. The first-order valence-corrected chi connectivity index (χ1v) is 5.90. The molecule has 19 heavy (non-hydrogen) atoms. The van der Waals surface area contributed by atoms with Crippen LogP contribution in [-0.4, -0.2) is 20.9 Å². The highest BCUT2D eigenvalue weighted by molar-refractivity contribution is 5.99. The van der Waals surface area contributed by atoms with Crippen molar-refractivity contribution in [2.24, 2.45) is 7.05 Å². The van der Waals surface area contributed by atoms with Crippen molar-refractivity contribution in [3.05, 3.63) is 42.1 Å². The largest absolute Gasteiger partial charge is 0.389 e. The third kappa shape index (κ3) is 3.56. The minimum atomic E-state index is -0.569. The second kappa shape index (κ2) is 5.53. The Bertz CT molecular complexity index is 578. The molecule has 1 atom stereocenters. The van der Waals surface area contributed by atoms with Crippen molar-refractivity contribution < 1.29 is 9.90 Å². The predicted molar refractivity (Wildman–Crippen MR) is 72.9 cm³/mol. The predicted octanol–water partition coefficient (Wildman–Crippen LogP) is 2.12. The molecule has 0 saturated heterocycles. The maximum absolute atomic E-state index is 11.7. The van der Waals surface area contributed by atoms with E-state index >= 15 is 0 Å². The van der Waals surface area contributed by atoms with Crippen molar-refractivity contribution in [2.75, 3.05) is 10.6 Å². The van der Waals surface area contributed by atoms with Crippen molar-refractivity contribution >= 4 is 17.5 Å². The molecule has 6 heteroatoms. The number of nitrogens with one attached hydrogen (secondary N) is 2. The number of nitrogens with zero attached hydrogens (tertiary/aromatic N) is 2. The second-order valence-corrected chi connectivity index (χ2v) is 4.26. The van der Waals surface area contributed by atoms with E-state index in [-0.39, 0.29) is 6.03 Å². The van der Waals surface area contributed by atoms with Crippen LogP contribution in [0.5, 0.6) is 0 Å². The van der Waals surface area contributed by atoms with Gasteiger partial charge in [0.25, 0.3) is 0 Å². The molecule has 0 fully saturated rings. The van der Waals surface area contributed by atoms with Crippen LogP contribution in [0.15, 0.2) is 36.5 Å². The Morgan fingerprint density at radius 3 is 2.79 bits per heavy atom. The topological polar surface area (TPSA) is 79.2 Å². The van der Waals surface area contributed by atoms with Gasteiger partial charge in [0.05, 0.1) is 6.10 Å². The van der Waals surface area contributed by atoms with Gasteiger partial charge in [-0.1, -0.05) is 12.1 Å². The fourth-order valence-electron chi connectivity index (χ4n) is 1.64. The number of carbonyl (C=O) groups is 1. The number of hydrogen-bond acceptors (Lipinski definition) is 3. The Hall–Kier alpha value is -2.34. The van der Waals surface area contributed by atoms with Crippen molar-refractivity contribution in [2.45, 2.75) is 13.0 Å². The molecule has 2 rings (SSSR count). The van der Waals surface area contributed by atoms with Crippen LogP contribution < -0.4 is 10.6 Å². The fraction of sp³-hybridized carbons (Fsp3) is 0.231. The number of carbonyl (C=O) groups excluding carboxylic acids is 1. The van der Waals surface area contributed by atoms with Gasteiger partial charge < -0.3 is 10.4 Å². The minimum absolute atomic E-state index is 0.374. The Morgan fingerprint density at radius 2 is 2.16 bits per heavy atom. The van der Waals surface area contributed by atoms with Gasteiger partial charge in [0.1, 0.15) is 0 Å². The van der Waals surface area contributed by atoms with E-state index in [1.165, 1.54) is 0 Å². The van der Waals surface area contributed by atoms with E-state index in [1.54, 1.807) is 55.2 Å². The summed E-state index contributed by atoms with van der Waals surface area (Å²) in [6.45, 7) is 1.67. The number of amides is 2. The molecule has 0 aliphatic rings. The zero-order valence-corrected chi connectivity index (χ0v) is 10.8. The molecule has 1 aromatic heterocycles. The lowest BCUT2D eigenvalue weighted by Crippen LogP contribution is -2.19. The molecule has 6 nitrogen and oxygen atoms in total. The molecule has 1 aromatic carbocycles. The van der Waals surface area contributed by atoms with Gasteiger partial charge in [-0.05, 0) is 24.6 Å². The van der Waals surface area contributed by atoms with Crippen molar-refractivity contribution in [1.82, 2.24) is 9.78 Å². The van der Waals surface area contributed by atoms with Gasteiger partial charge in [-0.25, -0.2) is 4.79 Å². The van der Waals surface area contributed by atoms with Crippen molar-refractivity contribution in [3.8, 4) is 0 Å². The van der Waals surface area contributed by atoms with Gasteiger partial charge in [-0.3, -0.25) is 10.00 Å².